The summed E-state index contributed by atoms with van der Waals surface area (Å²) >= 11 is 0. The third kappa shape index (κ3) is 7.18. The number of hydrogen-bond acceptors (Lipinski definition) is 7. The Labute approximate surface area is 252 Å². The lowest BCUT2D eigenvalue weighted by molar-refractivity contribution is -0.227. The van der Waals surface area contributed by atoms with Crippen molar-refractivity contribution in [3.63, 3.8) is 0 Å². The minimum absolute atomic E-state index is 0.191. The fourth-order valence-electron chi connectivity index (χ4n) is 10.4. The Kier molecular flexibility index (Phi) is 12.8. The van der Waals surface area contributed by atoms with Gasteiger partial charge in [0.05, 0.1) is 18.3 Å². The highest BCUT2D eigenvalue weighted by Crippen LogP contribution is 2.69. The molecule has 3 unspecified atom stereocenters. The van der Waals surface area contributed by atoms with Crippen LogP contribution in [0.4, 0.5) is 0 Å². The molecule has 0 aliphatic heterocycles. The second-order valence-electron chi connectivity index (χ2n) is 14.7. The molecule has 0 heterocycles. The average Bonchev–Trinajstić information content (AvgIpc) is 3.32. The van der Waals surface area contributed by atoms with Crippen molar-refractivity contribution in [3.8, 4) is 0 Å². The van der Waals surface area contributed by atoms with Crippen LogP contribution in [0.15, 0.2) is 0 Å². The first kappa shape index (κ1) is 33.6. The van der Waals surface area contributed by atoms with Crippen LogP contribution in [0.5, 0.6) is 0 Å². The molecule has 0 aromatic carbocycles. The number of ether oxygens (including phenoxy) is 3. The SMILES string of the molecule is CNCCC[C@H](C)C1CC[C@H]2C3[C@H](OCCCN)CC4C[C@H](OCCCN)CC[C@]4(C)[C@H]3C[C@H](OCCCN)[C@]12C. The minimum atomic E-state index is 0.191. The summed E-state index contributed by atoms with van der Waals surface area (Å²) in [5.74, 6) is 3.94. The molecule has 7 heteroatoms. The van der Waals surface area contributed by atoms with Crippen LogP contribution in [0, 0.1) is 46.3 Å². The van der Waals surface area contributed by atoms with E-state index < -0.39 is 0 Å². The van der Waals surface area contributed by atoms with Crippen molar-refractivity contribution in [2.45, 2.75) is 116 Å². The Morgan fingerprint density at radius 1 is 0.805 bits per heavy atom. The Bertz CT molecular complexity index is 772. The van der Waals surface area contributed by atoms with Crippen molar-refractivity contribution in [2.75, 3.05) is 53.0 Å². The van der Waals surface area contributed by atoms with Crippen LogP contribution < -0.4 is 22.5 Å². The van der Waals surface area contributed by atoms with E-state index in [4.69, 9.17) is 31.4 Å². The zero-order chi connectivity index (χ0) is 29.5. The van der Waals surface area contributed by atoms with Crippen molar-refractivity contribution in [1.29, 1.82) is 0 Å². The summed E-state index contributed by atoms with van der Waals surface area (Å²) in [5, 5.41) is 3.36. The average molecular weight is 579 g/mol. The molecule has 0 aromatic rings. The van der Waals surface area contributed by atoms with Crippen molar-refractivity contribution in [2.24, 2.45) is 63.5 Å². The molecule has 0 amide bonds. The maximum Gasteiger partial charge on any atom is 0.0637 e. The van der Waals surface area contributed by atoms with Crippen LogP contribution >= 0.6 is 0 Å². The summed E-state index contributed by atoms with van der Waals surface area (Å²) in [6, 6.07) is 0. The number of fused-ring (bicyclic) bond motifs is 5. The minimum Gasteiger partial charge on any atom is -0.378 e. The van der Waals surface area contributed by atoms with Crippen LogP contribution in [-0.4, -0.2) is 71.4 Å². The van der Waals surface area contributed by atoms with Gasteiger partial charge < -0.3 is 36.7 Å². The molecule has 0 bridgehead atoms. The van der Waals surface area contributed by atoms with Gasteiger partial charge in [-0.05, 0) is 151 Å². The van der Waals surface area contributed by atoms with Gasteiger partial charge >= 0.3 is 0 Å². The summed E-state index contributed by atoms with van der Waals surface area (Å²) in [5.41, 5.74) is 18.1. The fraction of sp³-hybridized carbons (Fsp3) is 1.00. The highest BCUT2D eigenvalue weighted by atomic mass is 16.5. The molecule has 0 aromatic heterocycles. The molecule has 4 saturated carbocycles. The van der Waals surface area contributed by atoms with Crippen LogP contribution in [0.25, 0.3) is 0 Å². The number of hydrogen-bond donors (Lipinski definition) is 4. The molecule has 41 heavy (non-hydrogen) atoms. The quantitative estimate of drug-likeness (QED) is 0.185. The second kappa shape index (κ2) is 15.6. The lowest BCUT2D eigenvalue weighted by atomic mass is 9.43. The third-order valence-corrected chi connectivity index (χ3v) is 12.6. The summed E-state index contributed by atoms with van der Waals surface area (Å²) in [7, 11) is 2.07. The van der Waals surface area contributed by atoms with Crippen LogP contribution in [-0.2, 0) is 14.2 Å². The Balaban J connectivity index is 1.63. The largest absolute Gasteiger partial charge is 0.378 e. The normalized spacial score (nSPS) is 41.0. The molecule has 7 nitrogen and oxygen atoms in total. The predicted molar refractivity (Wildman–Crippen MR) is 169 cm³/mol. The fourth-order valence-corrected chi connectivity index (χ4v) is 10.4. The van der Waals surface area contributed by atoms with E-state index in [1.165, 1.54) is 51.4 Å². The van der Waals surface area contributed by atoms with E-state index in [9.17, 15) is 0 Å². The van der Waals surface area contributed by atoms with Gasteiger partial charge in [-0.2, -0.15) is 0 Å². The molecular weight excluding hydrogens is 512 g/mol. The van der Waals surface area contributed by atoms with Crippen molar-refractivity contribution >= 4 is 0 Å². The first-order valence-electron chi connectivity index (χ1n) is 17.4. The third-order valence-electron chi connectivity index (χ3n) is 12.6. The van der Waals surface area contributed by atoms with Gasteiger partial charge in [-0.1, -0.05) is 20.8 Å². The van der Waals surface area contributed by atoms with Crippen molar-refractivity contribution in [1.82, 2.24) is 5.32 Å². The molecule has 7 N–H and O–H groups in total. The Morgan fingerprint density at radius 3 is 2.17 bits per heavy atom. The second-order valence-corrected chi connectivity index (χ2v) is 14.7. The van der Waals surface area contributed by atoms with E-state index >= 15 is 0 Å². The molecule has 4 aliphatic carbocycles. The highest BCUT2D eigenvalue weighted by Gasteiger charge is 2.66. The maximum absolute atomic E-state index is 6.95. The molecule has 4 fully saturated rings. The lowest BCUT2D eigenvalue weighted by Crippen LogP contribution is -2.63. The van der Waals surface area contributed by atoms with Gasteiger partial charge in [0.1, 0.15) is 0 Å². The zero-order valence-corrected chi connectivity index (χ0v) is 27.1. The monoisotopic (exact) mass is 579 g/mol. The molecule has 4 aliphatic rings. The molecule has 0 spiro atoms. The zero-order valence-electron chi connectivity index (χ0n) is 27.1. The standard InChI is InChI=1S/C34H66N4O3/c1-24(9-5-17-38-4)27-10-11-28-32-29(23-31(34(27,28)3)41-20-8-16-37)33(2)13-12-26(39-18-6-14-35)21-25(33)22-30(32)40-19-7-15-36/h24-32,38H,5-23,35-37H2,1-4H3/t24-,25?,26+,27?,28-,29-,30+,31-,32?,33-,34+/m0/s1. The molecular formula is C34H66N4O3. The van der Waals surface area contributed by atoms with Crippen LogP contribution in [0.3, 0.4) is 0 Å². The molecule has 11 atom stereocenters. The molecule has 4 rings (SSSR count). The van der Waals surface area contributed by atoms with E-state index in [1.54, 1.807) is 0 Å². The number of rotatable bonds is 17. The smallest absolute Gasteiger partial charge is 0.0637 e. The topological polar surface area (TPSA) is 118 Å². The van der Waals surface area contributed by atoms with Crippen LogP contribution in [0.2, 0.25) is 0 Å². The lowest BCUT2D eigenvalue weighted by Gasteiger charge is -2.65. The van der Waals surface area contributed by atoms with Gasteiger partial charge in [0.2, 0.25) is 0 Å². The number of nitrogens with two attached hydrogens (primary N) is 3. The van der Waals surface area contributed by atoms with E-state index in [1.807, 2.05) is 0 Å². The van der Waals surface area contributed by atoms with Gasteiger partial charge in [-0.3, -0.25) is 0 Å². The van der Waals surface area contributed by atoms with Crippen molar-refractivity contribution < 1.29 is 14.2 Å². The van der Waals surface area contributed by atoms with Crippen LogP contribution in [0.1, 0.15) is 97.8 Å². The summed E-state index contributed by atoms with van der Waals surface area (Å²) in [6.07, 6.45) is 14.9. The van der Waals surface area contributed by atoms with Crippen molar-refractivity contribution in [3.05, 3.63) is 0 Å². The summed E-state index contributed by atoms with van der Waals surface area (Å²) < 4.78 is 20.2. The van der Waals surface area contributed by atoms with Gasteiger partial charge in [-0.15, -0.1) is 0 Å². The predicted octanol–water partition coefficient (Wildman–Crippen LogP) is 4.70. The number of nitrogens with one attached hydrogen (secondary N) is 1. The van der Waals surface area contributed by atoms with E-state index in [2.05, 4.69) is 33.1 Å². The maximum atomic E-state index is 6.95. The Morgan fingerprint density at radius 2 is 1.49 bits per heavy atom. The summed E-state index contributed by atoms with van der Waals surface area (Å²) in [6.45, 7) is 13.4. The Hall–Kier alpha value is -0.280. The molecule has 0 radical (unpaired) electrons. The van der Waals surface area contributed by atoms with E-state index in [0.29, 0.717) is 78.9 Å². The van der Waals surface area contributed by atoms with Gasteiger partial charge in [0.25, 0.3) is 0 Å². The first-order valence-corrected chi connectivity index (χ1v) is 17.4. The highest BCUT2D eigenvalue weighted by molar-refractivity contribution is 5.15. The van der Waals surface area contributed by atoms with Gasteiger partial charge in [-0.25, -0.2) is 0 Å². The van der Waals surface area contributed by atoms with E-state index in [0.717, 1.165) is 52.0 Å². The van der Waals surface area contributed by atoms with Gasteiger partial charge in [0, 0.05) is 25.2 Å². The first-order chi connectivity index (χ1) is 19.8. The molecule has 240 valence electrons. The molecule has 0 saturated heterocycles. The van der Waals surface area contributed by atoms with E-state index in [-0.39, 0.29) is 5.41 Å². The van der Waals surface area contributed by atoms with Gasteiger partial charge in [0.15, 0.2) is 0 Å². The summed E-state index contributed by atoms with van der Waals surface area (Å²) in [4.78, 5) is 0.